The van der Waals surface area contributed by atoms with Crippen LogP contribution in [0.2, 0.25) is 0 Å². The molecule has 2 aromatic rings. The predicted octanol–water partition coefficient (Wildman–Crippen LogP) is 1.87. The van der Waals surface area contributed by atoms with Crippen molar-refractivity contribution < 1.29 is 28.7 Å². The third-order valence-electron chi connectivity index (χ3n) is 2.65. The molecule has 0 spiro atoms. The van der Waals surface area contributed by atoms with E-state index in [2.05, 4.69) is 9.68 Å². The van der Waals surface area contributed by atoms with Gasteiger partial charge in [0.25, 0.3) is 0 Å². The van der Waals surface area contributed by atoms with Gasteiger partial charge in [0.2, 0.25) is 5.76 Å². The molecule has 20 heavy (non-hydrogen) atoms. The van der Waals surface area contributed by atoms with Gasteiger partial charge in [-0.15, -0.1) is 0 Å². The lowest BCUT2D eigenvalue weighted by molar-refractivity contribution is 0.0652. The van der Waals surface area contributed by atoms with E-state index in [0.29, 0.717) is 23.3 Å². The molecule has 1 aromatic carbocycles. The molecule has 1 heterocycles. The normalized spacial score (nSPS) is 10.1. The average Bonchev–Trinajstić information content (AvgIpc) is 2.95. The Kier molecular flexibility index (Phi) is 3.69. The minimum atomic E-state index is -1.22. The van der Waals surface area contributed by atoms with Crippen molar-refractivity contribution >= 4 is 12.3 Å². The first-order valence-corrected chi connectivity index (χ1v) is 5.52. The van der Waals surface area contributed by atoms with Crippen LogP contribution in [0.1, 0.15) is 20.9 Å². The molecule has 0 saturated carbocycles. The van der Waals surface area contributed by atoms with Gasteiger partial charge in [0.1, 0.15) is 5.69 Å². The molecular formula is C13H11NO6. The number of aldehydes is 1. The number of hydrogen-bond acceptors (Lipinski definition) is 6. The molecular weight excluding hydrogens is 266 g/mol. The molecule has 1 aromatic heterocycles. The van der Waals surface area contributed by atoms with Crippen LogP contribution in [0.5, 0.6) is 11.5 Å². The fraction of sp³-hybridized carbons (Fsp3) is 0.154. The molecule has 0 amide bonds. The Balaban J connectivity index is 2.56. The average molecular weight is 277 g/mol. The third-order valence-corrected chi connectivity index (χ3v) is 2.65. The Morgan fingerprint density at radius 3 is 2.55 bits per heavy atom. The maximum Gasteiger partial charge on any atom is 0.374 e. The molecule has 7 heteroatoms. The van der Waals surface area contributed by atoms with Gasteiger partial charge in [0.05, 0.1) is 19.8 Å². The number of carboxylic acids is 1. The van der Waals surface area contributed by atoms with Gasteiger partial charge >= 0.3 is 5.97 Å². The zero-order chi connectivity index (χ0) is 14.7. The van der Waals surface area contributed by atoms with Crippen LogP contribution >= 0.6 is 0 Å². The van der Waals surface area contributed by atoms with E-state index in [1.807, 2.05) is 0 Å². The summed E-state index contributed by atoms with van der Waals surface area (Å²) in [5, 5.41) is 12.4. The zero-order valence-electron chi connectivity index (χ0n) is 10.7. The molecule has 7 nitrogen and oxygen atoms in total. The molecule has 104 valence electrons. The smallest absolute Gasteiger partial charge is 0.374 e. The van der Waals surface area contributed by atoms with Gasteiger partial charge in [-0.05, 0) is 12.1 Å². The van der Waals surface area contributed by atoms with Crippen LogP contribution in [0, 0.1) is 0 Å². The number of rotatable bonds is 5. The second-order valence-corrected chi connectivity index (χ2v) is 3.80. The summed E-state index contributed by atoms with van der Waals surface area (Å²) in [5.41, 5.74) is 1.04. The molecule has 0 unspecified atom stereocenters. The molecule has 0 aliphatic carbocycles. The Morgan fingerprint density at radius 1 is 1.30 bits per heavy atom. The SMILES string of the molecule is COc1cc(-c2cc(C(=O)O)on2)cc(C=O)c1OC. The summed E-state index contributed by atoms with van der Waals surface area (Å²) >= 11 is 0. The third kappa shape index (κ3) is 2.33. The van der Waals surface area contributed by atoms with Gasteiger partial charge in [0.15, 0.2) is 17.8 Å². The van der Waals surface area contributed by atoms with Crippen molar-refractivity contribution in [3.63, 3.8) is 0 Å². The zero-order valence-corrected chi connectivity index (χ0v) is 10.7. The second-order valence-electron chi connectivity index (χ2n) is 3.80. The van der Waals surface area contributed by atoms with Crippen LogP contribution in [0.4, 0.5) is 0 Å². The number of benzene rings is 1. The molecule has 0 aliphatic heterocycles. The fourth-order valence-corrected chi connectivity index (χ4v) is 1.74. The van der Waals surface area contributed by atoms with Crippen LogP contribution in [-0.2, 0) is 0 Å². The molecule has 0 fully saturated rings. The number of carbonyl (C=O) groups excluding carboxylic acids is 1. The van der Waals surface area contributed by atoms with Crippen molar-refractivity contribution in [1.29, 1.82) is 0 Å². The van der Waals surface area contributed by atoms with E-state index in [4.69, 9.17) is 14.6 Å². The molecule has 0 atom stereocenters. The highest BCUT2D eigenvalue weighted by Crippen LogP contribution is 2.35. The summed E-state index contributed by atoms with van der Waals surface area (Å²) < 4.78 is 14.9. The summed E-state index contributed by atoms with van der Waals surface area (Å²) in [7, 11) is 2.85. The van der Waals surface area contributed by atoms with Crippen molar-refractivity contribution in [3.05, 3.63) is 29.5 Å². The van der Waals surface area contributed by atoms with Crippen molar-refractivity contribution in [2.45, 2.75) is 0 Å². The van der Waals surface area contributed by atoms with Crippen LogP contribution in [-0.4, -0.2) is 36.7 Å². The standard InChI is InChI=1S/C13H11NO6/c1-18-10-4-7(3-8(6-15)12(10)19-2)9-5-11(13(16)17)20-14-9/h3-6H,1-2H3,(H,16,17). The van der Waals surface area contributed by atoms with E-state index in [1.165, 1.54) is 26.4 Å². The lowest BCUT2D eigenvalue weighted by Gasteiger charge is -2.10. The van der Waals surface area contributed by atoms with Crippen LogP contribution in [0.3, 0.4) is 0 Å². The summed E-state index contributed by atoms with van der Waals surface area (Å²) in [6.07, 6.45) is 0.614. The van der Waals surface area contributed by atoms with Gasteiger partial charge in [-0.2, -0.15) is 0 Å². The number of aromatic nitrogens is 1. The topological polar surface area (TPSA) is 98.9 Å². The highest BCUT2D eigenvalue weighted by atomic mass is 16.5. The number of carbonyl (C=O) groups is 2. The number of hydrogen-bond donors (Lipinski definition) is 1. The minimum Gasteiger partial charge on any atom is -0.493 e. The number of methoxy groups -OCH3 is 2. The Bertz CT molecular complexity index is 661. The van der Waals surface area contributed by atoms with Crippen molar-refractivity contribution in [2.24, 2.45) is 0 Å². The van der Waals surface area contributed by atoms with Crippen LogP contribution in [0.25, 0.3) is 11.3 Å². The lowest BCUT2D eigenvalue weighted by Crippen LogP contribution is -1.96. The first-order chi connectivity index (χ1) is 9.60. The summed E-state index contributed by atoms with van der Waals surface area (Å²) in [6.45, 7) is 0. The minimum absolute atomic E-state index is 0.265. The Hall–Kier alpha value is -2.83. The van der Waals surface area contributed by atoms with Crippen LogP contribution < -0.4 is 9.47 Å². The number of aromatic carboxylic acids is 1. The molecule has 0 radical (unpaired) electrons. The predicted molar refractivity (Wildman–Crippen MR) is 67.4 cm³/mol. The van der Waals surface area contributed by atoms with Crippen LogP contribution in [0.15, 0.2) is 22.7 Å². The quantitative estimate of drug-likeness (QED) is 0.833. The summed E-state index contributed by atoms with van der Waals surface area (Å²) in [6, 6.07) is 4.35. The molecule has 0 aliphatic rings. The van der Waals surface area contributed by atoms with E-state index >= 15 is 0 Å². The van der Waals surface area contributed by atoms with E-state index in [0.717, 1.165) is 0 Å². The maximum absolute atomic E-state index is 11.1. The first kappa shape index (κ1) is 13.6. The largest absolute Gasteiger partial charge is 0.493 e. The van der Waals surface area contributed by atoms with Crippen molar-refractivity contribution in [1.82, 2.24) is 5.16 Å². The van der Waals surface area contributed by atoms with Gasteiger partial charge in [-0.1, -0.05) is 5.16 Å². The first-order valence-electron chi connectivity index (χ1n) is 5.52. The van der Waals surface area contributed by atoms with E-state index in [-0.39, 0.29) is 17.0 Å². The van der Waals surface area contributed by atoms with Gasteiger partial charge in [-0.3, -0.25) is 4.79 Å². The monoisotopic (exact) mass is 277 g/mol. The summed E-state index contributed by atoms with van der Waals surface area (Å²) in [5.74, 6) is -0.873. The Morgan fingerprint density at radius 2 is 2.05 bits per heavy atom. The highest BCUT2D eigenvalue weighted by molar-refractivity contribution is 5.87. The van der Waals surface area contributed by atoms with Crippen molar-refractivity contribution in [3.8, 4) is 22.8 Å². The van der Waals surface area contributed by atoms with Gasteiger partial charge in [0, 0.05) is 11.6 Å². The van der Waals surface area contributed by atoms with E-state index in [9.17, 15) is 9.59 Å². The molecule has 0 bridgehead atoms. The molecule has 0 saturated heterocycles. The highest BCUT2D eigenvalue weighted by Gasteiger charge is 2.17. The summed E-state index contributed by atoms with van der Waals surface area (Å²) in [4.78, 5) is 21.8. The van der Waals surface area contributed by atoms with Crippen molar-refractivity contribution in [2.75, 3.05) is 14.2 Å². The van der Waals surface area contributed by atoms with Gasteiger partial charge in [-0.25, -0.2) is 4.79 Å². The second kappa shape index (κ2) is 5.43. The Labute approximate surface area is 113 Å². The number of ether oxygens (including phenoxy) is 2. The van der Waals surface area contributed by atoms with E-state index < -0.39 is 5.97 Å². The molecule has 1 N–H and O–H groups in total. The maximum atomic E-state index is 11.1. The molecule has 2 rings (SSSR count). The van der Waals surface area contributed by atoms with Gasteiger partial charge < -0.3 is 19.1 Å². The number of nitrogens with zero attached hydrogens (tertiary/aromatic N) is 1. The lowest BCUT2D eigenvalue weighted by atomic mass is 10.1. The fourth-order valence-electron chi connectivity index (χ4n) is 1.74. The number of carboxylic acid groups (broad SMARTS) is 1. The van der Waals surface area contributed by atoms with E-state index in [1.54, 1.807) is 6.07 Å².